The number of hydrogen-bond donors (Lipinski definition) is 0. The molecule has 0 radical (unpaired) electrons. The van der Waals surface area contributed by atoms with Gasteiger partial charge in [-0.1, -0.05) is 35.2 Å². The normalized spacial score (nSPS) is 18.2. The topological polar surface area (TPSA) is 3.24 Å². The maximum Gasteiger partial charge on any atom is 0.00313 e. The molecule has 1 aliphatic rings. The van der Waals surface area contributed by atoms with Gasteiger partial charge in [-0.25, -0.2) is 0 Å². The second kappa shape index (κ2) is 7.70. The van der Waals surface area contributed by atoms with Crippen LogP contribution in [0.15, 0.2) is 0 Å². The Labute approximate surface area is 97.4 Å². The van der Waals surface area contributed by atoms with Crippen LogP contribution < -0.4 is 0 Å². The first-order valence-electron chi connectivity index (χ1n) is 6.07. The van der Waals surface area contributed by atoms with Gasteiger partial charge >= 0.3 is 0 Å². The van der Waals surface area contributed by atoms with E-state index < -0.39 is 0 Å². The fourth-order valence-corrected chi connectivity index (χ4v) is 2.77. The highest BCUT2D eigenvalue weighted by atomic mass is 79.9. The number of halogens is 1. The van der Waals surface area contributed by atoms with Crippen LogP contribution in [0, 0.1) is 5.92 Å². The van der Waals surface area contributed by atoms with E-state index >= 15 is 0 Å². The zero-order valence-corrected chi connectivity index (χ0v) is 11.1. The van der Waals surface area contributed by atoms with Gasteiger partial charge in [-0.3, -0.25) is 0 Å². The molecule has 1 nitrogen and oxygen atoms in total. The van der Waals surface area contributed by atoms with E-state index in [9.17, 15) is 0 Å². The maximum atomic E-state index is 3.47. The molecule has 0 aromatic rings. The van der Waals surface area contributed by atoms with Crippen molar-refractivity contribution in [2.75, 3.05) is 25.5 Å². The number of alkyl halides is 1. The molecule has 1 fully saturated rings. The van der Waals surface area contributed by atoms with Crippen molar-refractivity contribution in [2.24, 2.45) is 5.92 Å². The van der Waals surface area contributed by atoms with Crippen molar-refractivity contribution in [3.8, 4) is 0 Å². The molecule has 0 aromatic carbocycles. The quantitative estimate of drug-likeness (QED) is 0.500. The molecule has 84 valence electrons. The minimum absolute atomic E-state index is 1.01. The van der Waals surface area contributed by atoms with Crippen LogP contribution in [0.2, 0.25) is 0 Å². The Bertz CT molecular complexity index is 132. The first-order valence-corrected chi connectivity index (χ1v) is 7.19. The van der Waals surface area contributed by atoms with E-state index in [1.54, 1.807) is 0 Å². The lowest BCUT2D eigenvalue weighted by Gasteiger charge is -2.20. The van der Waals surface area contributed by atoms with Crippen LogP contribution in [0.5, 0.6) is 0 Å². The number of nitrogens with zero attached hydrogens (tertiary/aromatic N) is 1. The third-order valence-corrected chi connectivity index (χ3v) is 3.78. The molecule has 0 aliphatic heterocycles. The fraction of sp³-hybridized carbons (Fsp3) is 1.00. The average molecular weight is 262 g/mol. The maximum absolute atomic E-state index is 3.47. The van der Waals surface area contributed by atoms with Gasteiger partial charge in [-0.2, -0.15) is 0 Å². The largest absolute Gasteiger partial charge is 0.306 e. The smallest absolute Gasteiger partial charge is 0.00313 e. The van der Waals surface area contributed by atoms with Gasteiger partial charge in [0.2, 0.25) is 0 Å². The lowest BCUT2D eigenvalue weighted by molar-refractivity contribution is 0.273. The van der Waals surface area contributed by atoms with Gasteiger partial charge in [0.15, 0.2) is 0 Å². The summed E-state index contributed by atoms with van der Waals surface area (Å²) in [5, 5.41) is 1.17. The van der Waals surface area contributed by atoms with Crippen LogP contribution in [-0.4, -0.2) is 30.4 Å². The molecule has 14 heavy (non-hydrogen) atoms. The molecule has 0 saturated heterocycles. The Morgan fingerprint density at radius 2 is 1.86 bits per heavy atom. The highest BCUT2D eigenvalue weighted by Gasteiger charge is 2.16. The number of unbranched alkanes of at least 4 members (excludes halogenated alkanes) is 2. The van der Waals surface area contributed by atoms with Crippen molar-refractivity contribution in [1.82, 2.24) is 4.90 Å². The lowest BCUT2D eigenvalue weighted by Crippen LogP contribution is -2.25. The lowest BCUT2D eigenvalue weighted by atomic mass is 10.1. The summed E-state index contributed by atoms with van der Waals surface area (Å²) in [4.78, 5) is 2.53. The van der Waals surface area contributed by atoms with Crippen molar-refractivity contribution in [3.05, 3.63) is 0 Å². The van der Waals surface area contributed by atoms with Crippen molar-refractivity contribution in [2.45, 2.75) is 44.9 Å². The molecule has 0 heterocycles. The molecule has 0 aromatic heterocycles. The molecule has 1 saturated carbocycles. The van der Waals surface area contributed by atoms with E-state index in [1.807, 2.05) is 0 Å². The van der Waals surface area contributed by atoms with E-state index in [0.717, 1.165) is 5.92 Å². The summed E-state index contributed by atoms with van der Waals surface area (Å²) in [5.41, 5.74) is 0. The molecule has 1 rings (SSSR count). The monoisotopic (exact) mass is 261 g/mol. The molecule has 0 N–H and O–H groups in total. The molecule has 0 atom stereocenters. The first kappa shape index (κ1) is 12.5. The van der Waals surface area contributed by atoms with Crippen molar-refractivity contribution >= 4 is 15.9 Å². The molecule has 0 unspecified atom stereocenters. The highest BCUT2D eigenvalue weighted by molar-refractivity contribution is 9.09. The molecular formula is C12H24BrN. The Morgan fingerprint density at radius 1 is 1.14 bits per heavy atom. The third kappa shape index (κ3) is 5.35. The predicted molar refractivity (Wildman–Crippen MR) is 67.1 cm³/mol. The van der Waals surface area contributed by atoms with Crippen LogP contribution in [0.3, 0.4) is 0 Å². The van der Waals surface area contributed by atoms with E-state index in [4.69, 9.17) is 0 Å². The van der Waals surface area contributed by atoms with Gasteiger partial charge in [0.05, 0.1) is 0 Å². The zero-order valence-electron chi connectivity index (χ0n) is 9.47. The van der Waals surface area contributed by atoms with E-state index in [2.05, 4.69) is 27.9 Å². The molecule has 1 aliphatic carbocycles. The third-order valence-electron chi connectivity index (χ3n) is 3.22. The summed E-state index contributed by atoms with van der Waals surface area (Å²) < 4.78 is 0. The summed E-state index contributed by atoms with van der Waals surface area (Å²) >= 11 is 3.47. The van der Waals surface area contributed by atoms with Gasteiger partial charge in [-0.05, 0) is 45.2 Å². The van der Waals surface area contributed by atoms with Crippen molar-refractivity contribution < 1.29 is 0 Å². The fourth-order valence-electron chi connectivity index (χ4n) is 2.38. The van der Waals surface area contributed by atoms with Crippen molar-refractivity contribution in [3.63, 3.8) is 0 Å². The van der Waals surface area contributed by atoms with Gasteiger partial charge in [0, 0.05) is 11.9 Å². The molecular weight excluding hydrogens is 238 g/mol. The summed E-state index contributed by atoms with van der Waals surface area (Å²) in [6.45, 7) is 2.64. The SMILES string of the molecule is CN(CCCCCBr)CC1CCCC1. The molecule has 2 heteroatoms. The first-order chi connectivity index (χ1) is 6.83. The second-order valence-corrected chi connectivity index (χ2v) is 5.46. The standard InChI is InChI=1S/C12H24BrN/c1-14(10-6-2-5-9-13)11-12-7-3-4-8-12/h12H,2-11H2,1H3. The predicted octanol–water partition coefficient (Wildman–Crippen LogP) is 3.67. The molecule has 0 bridgehead atoms. The summed E-state index contributed by atoms with van der Waals surface area (Å²) in [5.74, 6) is 1.01. The summed E-state index contributed by atoms with van der Waals surface area (Å²) in [6, 6.07) is 0. The van der Waals surface area contributed by atoms with Crippen LogP contribution in [0.25, 0.3) is 0 Å². The zero-order chi connectivity index (χ0) is 10.2. The number of rotatable bonds is 7. The second-order valence-electron chi connectivity index (χ2n) is 4.66. The van der Waals surface area contributed by atoms with E-state index in [0.29, 0.717) is 0 Å². The van der Waals surface area contributed by atoms with Gasteiger partial charge in [0.1, 0.15) is 0 Å². The highest BCUT2D eigenvalue weighted by Crippen LogP contribution is 2.25. The van der Waals surface area contributed by atoms with Crippen LogP contribution in [-0.2, 0) is 0 Å². The van der Waals surface area contributed by atoms with Crippen molar-refractivity contribution in [1.29, 1.82) is 0 Å². The Hall–Kier alpha value is 0.440. The van der Waals surface area contributed by atoms with Crippen LogP contribution in [0.4, 0.5) is 0 Å². The van der Waals surface area contributed by atoms with Gasteiger partial charge in [0.25, 0.3) is 0 Å². The van der Waals surface area contributed by atoms with E-state index in [1.165, 1.54) is 63.4 Å². The Balaban J connectivity index is 1.95. The summed E-state index contributed by atoms with van der Waals surface area (Å²) in [7, 11) is 2.28. The minimum Gasteiger partial charge on any atom is -0.306 e. The Morgan fingerprint density at radius 3 is 2.50 bits per heavy atom. The summed E-state index contributed by atoms with van der Waals surface area (Å²) in [6.07, 6.45) is 9.98. The Kier molecular flexibility index (Phi) is 6.88. The van der Waals surface area contributed by atoms with Crippen LogP contribution >= 0.6 is 15.9 Å². The average Bonchev–Trinajstić information content (AvgIpc) is 2.65. The van der Waals surface area contributed by atoms with Gasteiger partial charge in [-0.15, -0.1) is 0 Å². The minimum atomic E-state index is 1.01. The molecule has 0 spiro atoms. The van der Waals surface area contributed by atoms with Gasteiger partial charge < -0.3 is 4.90 Å². The van der Waals surface area contributed by atoms with E-state index in [-0.39, 0.29) is 0 Å². The number of hydrogen-bond acceptors (Lipinski definition) is 1. The molecule has 0 amide bonds. The van der Waals surface area contributed by atoms with Crippen LogP contribution in [0.1, 0.15) is 44.9 Å².